The third kappa shape index (κ3) is 3.98. The topological polar surface area (TPSA) is 82.2 Å². The maximum absolute atomic E-state index is 12.1. The Morgan fingerprint density at radius 1 is 1.43 bits per heavy atom. The van der Waals surface area contributed by atoms with Crippen LogP contribution in [0.15, 0.2) is 30.3 Å². The SMILES string of the molecule is CCn1nc(C)cc1C(=O)NCCOc1cccc(N)c1. The minimum atomic E-state index is -0.145. The molecule has 3 N–H and O–H groups in total. The molecule has 0 aliphatic rings. The molecule has 112 valence electrons. The summed E-state index contributed by atoms with van der Waals surface area (Å²) in [6.45, 7) is 5.28. The van der Waals surface area contributed by atoms with E-state index in [1.807, 2.05) is 26.0 Å². The van der Waals surface area contributed by atoms with Gasteiger partial charge >= 0.3 is 0 Å². The summed E-state index contributed by atoms with van der Waals surface area (Å²) in [5.74, 6) is 0.548. The van der Waals surface area contributed by atoms with Gasteiger partial charge in [-0.05, 0) is 32.0 Å². The summed E-state index contributed by atoms with van der Waals surface area (Å²) >= 11 is 0. The van der Waals surface area contributed by atoms with E-state index in [4.69, 9.17) is 10.5 Å². The molecule has 1 amide bonds. The Morgan fingerprint density at radius 3 is 2.95 bits per heavy atom. The van der Waals surface area contributed by atoms with Gasteiger partial charge in [0.2, 0.25) is 0 Å². The molecule has 2 rings (SSSR count). The Hall–Kier alpha value is -2.50. The lowest BCUT2D eigenvalue weighted by molar-refractivity contribution is 0.0936. The standard InChI is InChI=1S/C15H20N4O2/c1-3-19-14(9-11(2)18-19)15(20)17-7-8-21-13-6-4-5-12(16)10-13/h4-6,9-10H,3,7-8,16H2,1-2H3,(H,17,20). The number of nitrogens with one attached hydrogen (secondary N) is 1. The number of hydrogen-bond donors (Lipinski definition) is 2. The quantitative estimate of drug-likeness (QED) is 0.625. The molecule has 6 heteroatoms. The van der Waals surface area contributed by atoms with Crippen molar-refractivity contribution >= 4 is 11.6 Å². The van der Waals surface area contributed by atoms with E-state index in [0.29, 0.717) is 36.8 Å². The number of carbonyl (C=O) groups excluding carboxylic acids is 1. The number of amides is 1. The van der Waals surface area contributed by atoms with Gasteiger partial charge in [0.25, 0.3) is 5.91 Å². The van der Waals surface area contributed by atoms with Crippen molar-refractivity contribution in [3.63, 3.8) is 0 Å². The normalized spacial score (nSPS) is 10.4. The van der Waals surface area contributed by atoms with Crippen molar-refractivity contribution in [2.24, 2.45) is 0 Å². The smallest absolute Gasteiger partial charge is 0.269 e. The van der Waals surface area contributed by atoms with Crippen LogP contribution in [0.3, 0.4) is 0 Å². The Morgan fingerprint density at radius 2 is 2.24 bits per heavy atom. The molecular weight excluding hydrogens is 268 g/mol. The van der Waals surface area contributed by atoms with Gasteiger partial charge in [-0.1, -0.05) is 6.07 Å². The molecule has 0 saturated carbocycles. The molecule has 0 saturated heterocycles. The van der Waals surface area contributed by atoms with Gasteiger partial charge in [-0.2, -0.15) is 5.10 Å². The monoisotopic (exact) mass is 288 g/mol. The first-order chi connectivity index (χ1) is 10.1. The zero-order valence-corrected chi connectivity index (χ0v) is 12.3. The summed E-state index contributed by atoms with van der Waals surface area (Å²) in [6.07, 6.45) is 0. The first-order valence-corrected chi connectivity index (χ1v) is 6.91. The molecule has 0 aliphatic carbocycles. The van der Waals surface area contributed by atoms with Crippen LogP contribution in [0.5, 0.6) is 5.75 Å². The summed E-state index contributed by atoms with van der Waals surface area (Å²) in [4.78, 5) is 12.1. The molecule has 1 aromatic heterocycles. The summed E-state index contributed by atoms with van der Waals surface area (Å²) < 4.78 is 7.20. The highest BCUT2D eigenvalue weighted by atomic mass is 16.5. The molecule has 21 heavy (non-hydrogen) atoms. The van der Waals surface area contributed by atoms with Gasteiger partial charge < -0.3 is 15.8 Å². The lowest BCUT2D eigenvalue weighted by atomic mass is 10.3. The maximum atomic E-state index is 12.1. The number of nitrogen functional groups attached to an aromatic ring is 1. The molecule has 6 nitrogen and oxygen atoms in total. The minimum Gasteiger partial charge on any atom is -0.492 e. The van der Waals surface area contributed by atoms with E-state index in [9.17, 15) is 4.79 Å². The fraction of sp³-hybridized carbons (Fsp3) is 0.333. The zero-order valence-electron chi connectivity index (χ0n) is 12.3. The van der Waals surface area contributed by atoms with E-state index >= 15 is 0 Å². The van der Waals surface area contributed by atoms with Crippen molar-refractivity contribution < 1.29 is 9.53 Å². The summed E-state index contributed by atoms with van der Waals surface area (Å²) in [5, 5.41) is 7.06. The lowest BCUT2D eigenvalue weighted by Gasteiger charge is -2.09. The van der Waals surface area contributed by atoms with Crippen molar-refractivity contribution in [1.29, 1.82) is 0 Å². The molecule has 0 atom stereocenters. The molecule has 0 fully saturated rings. The molecule has 2 aromatic rings. The second-order valence-electron chi connectivity index (χ2n) is 4.66. The van der Waals surface area contributed by atoms with Gasteiger partial charge in [0.05, 0.1) is 12.2 Å². The first-order valence-electron chi connectivity index (χ1n) is 6.91. The van der Waals surface area contributed by atoms with Crippen LogP contribution in [-0.2, 0) is 6.54 Å². The minimum absolute atomic E-state index is 0.145. The van der Waals surface area contributed by atoms with Gasteiger partial charge in [-0.15, -0.1) is 0 Å². The number of benzene rings is 1. The first kappa shape index (κ1) is 14.9. The number of aromatic nitrogens is 2. The Bertz CT molecular complexity index is 622. The fourth-order valence-electron chi connectivity index (χ4n) is 2.00. The molecular formula is C15H20N4O2. The predicted molar refractivity (Wildman–Crippen MR) is 81.3 cm³/mol. The Labute approximate surface area is 123 Å². The number of anilines is 1. The summed E-state index contributed by atoms with van der Waals surface area (Å²) in [7, 11) is 0. The third-order valence-electron chi connectivity index (χ3n) is 2.95. The van der Waals surface area contributed by atoms with E-state index < -0.39 is 0 Å². The third-order valence-corrected chi connectivity index (χ3v) is 2.95. The van der Waals surface area contributed by atoms with E-state index in [1.54, 1.807) is 22.9 Å². The van der Waals surface area contributed by atoms with Crippen molar-refractivity contribution in [3.05, 3.63) is 41.7 Å². The maximum Gasteiger partial charge on any atom is 0.269 e. The summed E-state index contributed by atoms with van der Waals surface area (Å²) in [6, 6.07) is 8.97. The van der Waals surface area contributed by atoms with E-state index in [2.05, 4.69) is 10.4 Å². The molecule has 0 spiro atoms. The number of rotatable bonds is 6. The van der Waals surface area contributed by atoms with Crippen LogP contribution >= 0.6 is 0 Å². The fourth-order valence-corrected chi connectivity index (χ4v) is 2.00. The van der Waals surface area contributed by atoms with Crippen molar-refractivity contribution in [1.82, 2.24) is 15.1 Å². The number of hydrogen-bond acceptors (Lipinski definition) is 4. The molecule has 0 radical (unpaired) electrons. The van der Waals surface area contributed by atoms with E-state index in [-0.39, 0.29) is 5.91 Å². The van der Waals surface area contributed by atoms with Gasteiger partial charge in [0.15, 0.2) is 0 Å². The second-order valence-corrected chi connectivity index (χ2v) is 4.66. The molecule has 1 aromatic carbocycles. The van der Waals surface area contributed by atoms with E-state index in [0.717, 1.165) is 5.69 Å². The average molecular weight is 288 g/mol. The Kier molecular flexibility index (Phi) is 4.81. The highest BCUT2D eigenvalue weighted by molar-refractivity contribution is 5.92. The predicted octanol–water partition coefficient (Wildman–Crippen LogP) is 1.60. The van der Waals surface area contributed by atoms with Crippen molar-refractivity contribution in [2.45, 2.75) is 20.4 Å². The van der Waals surface area contributed by atoms with Crippen LogP contribution in [0.2, 0.25) is 0 Å². The Balaban J connectivity index is 1.82. The molecule has 0 unspecified atom stereocenters. The molecule has 1 heterocycles. The highest BCUT2D eigenvalue weighted by Gasteiger charge is 2.12. The van der Waals surface area contributed by atoms with Gasteiger partial charge in [0, 0.05) is 18.3 Å². The zero-order chi connectivity index (χ0) is 15.2. The van der Waals surface area contributed by atoms with Crippen LogP contribution in [-0.4, -0.2) is 28.8 Å². The number of nitrogens with two attached hydrogens (primary N) is 1. The number of aryl methyl sites for hydroxylation is 2. The molecule has 0 aliphatic heterocycles. The summed E-state index contributed by atoms with van der Waals surface area (Å²) in [5.41, 5.74) is 7.71. The number of carbonyl (C=O) groups is 1. The molecule has 0 bridgehead atoms. The van der Waals surface area contributed by atoms with Crippen molar-refractivity contribution in [2.75, 3.05) is 18.9 Å². The highest BCUT2D eigenvalue weighted by Crippen LogP contribution is 2.13. The average Bonchev–Trinajstić information content (AvgIpc) is 2.85. The van der Waals surface area contributed by atoms with Gasteiger partial charge in [0.1, 0.15) is 18.1 Å². The number of ether oxygens (including phenoxy) is 1. The van der Waals surface area contributed by atoms with Crippen LogP contribution in [0.1, 0.15) is 23.1 Å². The number of nitrogens with zero attached hydrogens (tertiary/aromatic N) is 2. The van der Waals surface area contributed by atoms with Crippen LogP contribution in [0.4, 0.5) is 5.69 Å². The van der Waals surface area contributed by atoms with Crippen LogP contribution < -0.4 is 15.8 Å². The van der Waals surface area contributed by atoms with Gasteiger partial charge in [-0.3, -0.25) is 9.48 Å². The van der Waals surface area contributed by atoms with Crippen LogP contribution in [0.25, 0.3) is 0 Å². The van der Waals surface area contributed by atoms with E-state index in [1.165, 1.54) is 0 Å². The van der Waals surface area contributed by atoms with Gasteiger partial charge in [-0.25, -0.2) is 0 Å². The second kappa shape index (κ2) is 6.78. The van der Waals surface area contributed by atoms with Crippen LogP contribution in [0, 0.1) is 6.92 Å². The van der Waals surface area contributed by atoms with Crippen molar-refractivity contribution in [3.8, 4) is 5.75 Å². The lowest BCUT2D eigenvalue weighted by Crippen LogP contribution is -2.30. The largest absolute Gasteiger partial charge is 0.492 e.